The van der Waals surface area contributed by atoms with Crippen molar-refractivity contribution in [3.8, 4) is 0 Å². The Morgan fingerprint density at radius 2 is 2.19 bits per heavy atom. The third-order valence-corrected chi connectivity index (χ3v) is 3.38. The van der Waals surface area contributed by atoms with Crippen molar-refractivity contribution in [1.82, 2.24) is 0 Å². The minimum Gasteiger partial charge on any atom is -0.211 e. The molecule has 0 aromatic heterocycles. The van der Waals surface area contributed by atoms with Crippen LogP contribution in [0.15, 0.2) is 17.1 Å². The minimum atomic E-state index is -0.721. The van der Waals surface area contributed by atoms with Gasteiger partial charge in [0.2, 0.25) is 6.08 Å². The Hall–Kier alpha value is -1.18. The SMILES string of the molecule is Cc1cc(Cl)cc(C2(N=C=O)CCC2)c1F. The average molecular weight is 240 g/mol. The maximum atomic E-state index is 14.0. The zero-order chi connectivity index (χ0) is 11.8. The topological polar surface area (TPSA) is 29.4 Å². The molecule has 0 spiro atoms. The summed E-state index contributed by atoms with van der Waals surface area (Å²) in [7, 11) is 0. The summed E-state index contributed by atoms with van der Waals surface area (Å²) in [6, 6.07) is 3.13. The second-order valence-electron chi connectivity index (χ2n) is 4.17. The van der Waals surface area contributed by atoms with E-state index in [0.29, 0.717) is 29.0 Å². The fraction of sp³-hybridized carbons (Fsp3) is 0.417. The molecule has 2 rings (SSSR count). The van der Waals surface area contributed by atoms with Crippen LogP contribution in [0.1, 0.15) is 30.4 Å². The van der Waals surface area contributed by atoms with E-state index in [0.717, 1.165) is 6.42 Å². The molecule has 0 amide bonds. The van der Waals surface area contributed by atoms with E-state index in [1.807, 2.05) is 0 Å². The molecular weight excluding hydrogens is 229 g/mol. The lowest BCUT2D eigenvalue weighted by Gasteiger charge is -2.37. The fourth-order valence-corrected chi connectivity index (χ4v) is 2.38. The largest absolute Gasteiger partial charge is 0.235 e. The number of hydrogen-bond acceptors (Lipinski definition) is 2. The van der Waals surface area contributed by atoms with Gasteiger partial charge in [-0.25, -0.2) is 9.18 Å². The molecule has 1 saturated carbocycles. The summed E-state index contributed by atoms with van der Waals surface area (Å²) in [5.74, 6) is -0.317. The molecule has 0 heterocycles. The lowest BCUT2D eigenvalue weighted by atomic mass is 9.72. The summed E-state index contributed by atoms with van der Waals surface area (Å²) in [5.41, 5.74) is 0.184. The van der Waals surface area contributed by atoms with Crippen molar-refractivity contribution in [3.05, 3.63) is 34.1 Å². The average Bonchev–Trinajstić information content (AvgIpc) is 2.17. The van der Waals surface area contributed by atoms with Gasteiger partial charge in [0.25, 0.3) is 0 Å². The molecule has 0 saturated heterocycles. The van der Waals surface area contributed by atoms with E-state index in [1.54, 1.807) is 25.1 Å². The highest BCUT2D eigenvalue weighted by molar-refractivity contribution is 6.30. The van der Waals surface area contributed by atoms with Crippen LogP contribution in [0.4, 0.5) is 4.39 Å². The Labute approximate surface area is 98.1 Å². The monoisotopic (exact) mass is 239 g/mol. The molecule has 2 nitrogen and oxygen atoms in total. The summed E-state index contributed by atoms with van der Waals surface area (Å²) >= 11 is 5.90. The fourth-order valence-electron chi connectivity index (χ4n) is 2.10. The van der Waals surface area contributed by atoms with Gasteiger partial charge >= 0.3 is 0 Å². The van der Waals surface area contributed by atoms with Gasteiger partial charge in [0, 0.05) is 10.6 Å². The van der Waals surface area contributed by atoms with Crippen LogP contribution in [0.2, 0.25) is 5.02 Å². The normalized spacial score (nSPS) is 17.4. The molecule has 0 bridgehead atoms. The lowest BCUT2D eigenvalue weighted by Crippen LogP contribution is -2.33. The van der Waals surface area contributed by atoms with Gasteiger partial charge in [-0.1, -0.05) is 11.6 Å². The predicted octanol–water partition coefficient (Wildman–Crippen LogP) is 3.50. The summed E-state index contributed by atoms with van der Waals surface area (Å²) in [6.45, 7) is 1.65. The Balaban J connectivity index is 2.58. The number of aliphatic imine (C=N–C) groups is 1. The summed E-state index contributed by atoms with van der Waals surface area (Å²) in [6.07, 6.45) is 3.84. The van der Waals surface area contributed by atoms with Crippen molar-refractivity contribution in [2.45, 2.75) is 31.7 Å². The molecule has 1 fully saturated rings. The van der Waals surface area contributed by atoms with Crippen molar-refractivity contribution in [2.24, 2.45) is 4.99 Å². The van der Waals surface area contributed by atoms with E-state index >= 15 is 0 Å². The van der Waals surface area contributed by atoms with Gasteiger partial charge in [-0.2, -0.15) is 4.99 Å². The van der Waals surface area contributed by atoms with Crippen LogP contribution in [-0.2, 0) is 10.3 Å². The van der Waals surface area contributed by atoms with Crippen LogP contribution in [0.25, 0.3) is 0 Å². The van der Waals surface area contributed by atoms with Crippen molar-refractivity contribution < 1.29 is 9.18 Å². The van der Waals surface area contributed by atoms with Crippen LogP contribution in [0, 0.1) is 12.7 Å². The summed E-state index contributed by atoms with van der Waals surface area (Å²) in [4.78, 5) is 14.2. The van der Waals surface area contributed by atoms with E-state index < -0.39 is 5.54 Å². The van der Waals surface area contributed by atoms with E-state index in [4.69, 9.17) is 11.6 Å². The lowest BCUT2D eigenvalue weighted by molar-refractivity contribution is 0.247. The van der Waals surface area contributed by atoms with E-state index in [2.05, 4.69) is 4.99 Å². The highest BCUT2D eigenvalue weighted by Crippen LogP contribution is 2.46. The van der Waals surface area contributed by atoms with Gasteiger partial charge in [0.15, 0.2) is 0 Å². The van der Waals surface area contributed by atoms with Crippen molar-refractivity contribution in [3.63, 3.8) is 0 Å². The van der Waals surface area contributed by atoms with Gasteiger partial charge in [-0.15, -0.1) is 0 Å². The van der Waals surface area contributed by atoms with Gasteiger partial charge in [-0.3, -0.25) is 0 Å². The van der Waals surface area contributed by atoms with E-state index in [-0.39, 0.29) is 5.82 Å². The molecule has 84 valence electrons. The molecule has 0 unspecified atom stereocenters. The number of benzene rings is 1. The van der Waals surface area contributed by atoms with Crippen molar-refractivity contribution in [2.75, 3.05) is 0 Å². The van der Waals surface area contributed by atoms with Gasteiger partial charge in [0.05, 0.1) is 0 Å². The Kier molecular flexibility index (Phi) is 2.83. The first-order chi connectivity index (χ1) is 7.59. The quantitative estimate of drug-likeness (QED) is 0.574. The maximum absolute atomic E-state index is 14.0. The van der Waals surface area contributed by atoms with Crippen LogP contribution >= 0.6 is 11.6 Å². The molecule has 0 radical (unpaired) electrons. The molecule has 16 heavy (non-hydrogen) atoms. The minimum absolute atomic E-state index is 0.317. The molecular formula is C12H11ClFNO. The second-order valence-corrected chi connectivity index (χ2v) is 4.61. The first-order valence-electron chi connectivity index (χ1n) is 5.14. The van der Waals surface area contributed by atoms with Crippen molar-refractivity contribution in [1.29, 1.82) is 0 Å². The number of hydrogen-bond donors (Lipinski definition) is 0. The Bertz CT molecular complexity index is 476. The molecule has 1 aromatic rings. The first kappa shape index (κ1) is 11.3. The van der Waals surface area contributed by atoms with Crippen molar-refractivity contribution >= 4 is 17.7 Å². The maximum Gasteiger partial charge on any atom is 0.235 e. The first-order valence-corrected chi connectivity index (χ1v) is 5.52. The van der Waals surface area contributed by atoms with Gasteiger partial charge in [0.1, 0.15) is 11.4 Å². The standard InChI is InChI=1S/C12H11ClFNO/c1-8-5-9(13)6-10(11(8)14)12(15-7-16)3-2-4-12/h5-6H,2-4H2,1H3. The van der Waals surface area contributed by atoms with E-state index in [1.165, 1.54) is 0 Å². The molecule has 0 aliphatic heterocycles. The Morgan fingerprint density at radius 1 is 1.50 bits per heavy atom. The summed E-state index contributed by atoms with van der Waals surface area (Å²) in [5, 5.41) is 0.473. The predicted molar refractivity (Wildman–Crippen MR) is 59.8 cm³/mol. The van der Waals surface area contributed by atoms with E-state index in [9.17, 15) is 9.18 Å². The van der Waals surface area contributed by atoms with Crippen LogP contribution in [-0.4, -0.2) is 6.08 Å². The highest BCUT2D eigenvalue weighted by atomic mass is 35.5. The van der Waals surface area contributed by atoms with Gasteiger partial charge in [-0.05, 0) is 43.9 Å². The number of halogens is 2. The second kappa shape index (κ2) is 4.00. The molecule has 0 N–H and O–H groups in total. The Morgan fingerprint density at radius 3 is 2.69 bits per heavy atom. The molecule has 4 heteroatoms. The number of rotatable bonds is 2. The number of aryl methyl sites for hydroxylation is 1. The van der Waals surface area contributed by atoms with Crippen LogP contribution in [0.5, 0.6) is 0 Å². The zero-order valence-electron chi connectivity index (χ0n) is 8.89. The molecule has 1 aliphatic carbocycles. The number of carbonyl (C=O) groups excluding carboxylic acids is 1. The summed E-state index contributed by atoms with van der Waals surface area (Å²) < 4.78 is 14.0. The highest BCUT2D eigenvalue weighted by Gasteiger charge is 2.41. The third-order valence-electron chi connectivity index (χ3n) is 3.16. The van der Waals surface area contributed by atoms with Gasteiger partial charge < -0.3 is 0 Å². The number of nitrogens with zero attached hydrogens (tertiary/aromatic N) is 1. The number of isocyanates is 1. The zero-order valence-corrected chi connectivity index (χ0v) is 9.64. The third kappa shape index (κ3) is 1.66. The molecule has 1 aromatic carbocycles. The van der Waals surface area contributed by atoms with Crippen LogP contribution in [0.3, 0.4) is 0 Å². The van der Waals surface area contributed by atoms with Crippen LogP contribution < -0.4 is 0 Å². The molecule has 0 atom stereocenters. The molecule has 1 aliphatic rings. The smallest absolute Gasteiger partial charge is 0.211 e.